The molecule has 0 amide bonds. The maximum absolute atomic E-state index is 12.4. The predicted molar refractivity (Wildman–Crippen MR) is 102 cm³/mol. The molecule has 1 aliphatic heterocycles. The van der Waals surface area contributed by atoms with Crippen LogP contribution in [0.4, 0.5) is 13.2 Å². The van der Waals surface area contributed by atoms with Crippen molar-refractivity contribution in [1.82, 2.24) is 4.31 Å². The van der Waals surface area contributed by atoms with Crippen molar-refractivity contribution in [2.45, 2.75) is 17.5 Å². The van der Waals surface area contributed by atoms with Crippen LogP contribution in [0.15, 0.2) is 47.4 Å². The number of hydrogen-bond acceptors (Lipinski definition) is 4. The minimum absolute atomic E-state index is 0.111. The number of aromatic hydroxyl groups is 1. The van der Waals surface area contributed by atoms with E-state index in [1.165, 1.54) is 6.07 Å². The average Bonchev–Trinajstić information content (AvgIpc) is 3.17. The number of aliphatic hydroxyl groups excluding tert-OH is 1. The Labute approximate surface area is 173 Å². The van der Waals surface area contributed by atoms with Gasteiger partial charge in [-0.3, -0.25) is 0 Å². The van der Waals surface area contributed by atoms with Gasteiger partial charge in [0, 0.05) is 24.7 Å². The van der Waals surface area contributed by atoms with Crippen LogP contribution in [0.5, 0.6) is 5.75 Å². The van der Waals surface area contributed by atoms with Crippen molar-refractivity contribution in [3.05, 3.63) is 58.6 Å². The Morgan fingerprint density at radius 1 is 1.24 bits per heavy atom. The Morgan fingerprint density at radius 2 is 1.90 bits per heavy atom. The molecule has 2 atom stereocenters. The largest absolute Gasteiger partial charge is 0.508 e. The lowest BCUT2D eigenvalue weighted by Gasteiger charge is -2.15. The first-order chi connectivity index (χ1) is 13.7. The van der Waals surface area contributed by atoms with Gasteiger partial charge in [-0.05, 0) is 54.8 Å². The monoisotopic (exact) mass is 446 g/mol. The highest BCUT2D eigenvalue weighted by Crippen LogP contribution is 2.30. The average molecular weight is 447 g/mol. The Morgan fingerprint density at radius 3 is 2.41 bits per heavy atom. The summed E-state index contributed by atoms with van der Waals surface area (Å²) in [5, 5.41) is 27.2. The van der Waals surface area contributed by atoms with Crippen molar-refractivity contribution in [3.63, 3.8) is 0 Å². The van der Waals surface area contributed by atoms with Gasteiger partial charge in [-0.25, -0.2) is 8.51 Å². The fourth-order valence-electron chi connectivity index (χ4n) is 2.63. The molecule has 2 unspecified atom stereocenters. The van der Waals surface area contributed by atoms with Crippen LogP contribution in [0.1, 0.15) is 17.5 Å². The summed E-state index contributed by atoms with van der Waals surface area (Å²) in [5.41, 5.74) is -0.413. The fourth-order valence-corrected chi connectivity index (χ4v) is 4.17. The van der Waals surface area contributed by atoms with Crippen LogP contribution in [0.3, 0.4) is 0 Å². The summed E-state index contributed by atoms with van der Waals surface area (Å²) in [6, 6.07) is 10.5. The van der Waals surface area contributed by atoms with E-state index in [-0.39, 0.29) is 18.3 Å². The van der Waals surface area contributed by atoms with Gasteiger partial charge in [0.1, 0.15) is 22.8 Å². The van der Waals surface area contributed by atoms with Gasteiger partial charge >= 0.3 is 6.18 Å². The molecule has 0 radical (unpaired) electrons. The second-order valence-electron chi connectivity index (χ2n) is 6.27. The number of alkyl halides is 3. The summed E-state index contributed by atoms with van der Waals surface area (Å²) in [7, 11) is -1.36. The number of nitriles is 1. The van der Waals surface area contributed by atoms with Gasteiger partial charge < -0.3 is 10.2 Å². The highest BCUT2D eigenvalue weighted by molar-refractivity contribution is 7.82. The van der Waals surface area contributed by atoms with E-state index in [9.17, 15) is 17.4 Å². The molecule has 0 saturated carbocycles. The molecule has 5 nitrogen and oxygen atoms in total. The molecule has 3 rings (SSSR count). The van der Waals surface area contributed by atoms with E-state index in [0.29, 0.717) is 28.6 Å². The van der Waals surface area contributed by atoms with Crippen molar-refractivity contribution in [1.29, 1.82) is 5.26 Å². The first-order valence-corrected chi connectivity index (χ1v) is 9.97. The second-order valence-corrected chi connectivity index (χ2v) is 8.16. The van der Waals surface area contributed by atoms with Gasteiger partial charge in [-0.1, -0.05) is 11.6 Å². The highest BCUT2D eigenvalue weighted by Gasteiger charge is 2.30. The first-order valence-electron chi connectivity index (χ1n) is 8.49. The summed E-state index contributed by atoms with van der Waals surface area (Å²) >= 11 is 5.81. The van der Waals surface area contributed by atoms with Gasteiger partial charge in [0.05, 0.1) is 16.0 Å². The minimum Gasteiger partial charge on any atom is -0.508 e. The summed E-state index contributed by atoms with van der Waals surface area (Å²) in [6.45, 7) is 1.38. The lowest BCUT2D eigenvalue weighted by atomic mass is 10.1. The molecular weight excluding hydrogens is 429 g/mol. The molecule has 0 spiro atoms. The Kier molecular flexibility index (Phi) is 8.05. The molecular formula is C19H18ClF3N2O3S. The topological polar surface area (TPSA) is 84.6 Å². The van der Waals surface area contributed by atoms with Gasteiger partial charge in [0.2, 0.25) is 0 Å². The third kappa shape index (κ3) is 6.44. The van der Waals surface area contributed by atoms with Crippen LogP contribution in [-0.4, -0.2) is 38.4 Å². The van der Waals surface area contributed by atoms with Gasteiger partial charge in [-0.2, -0.15) is 18.4 Å². The zero-order valence-corrected chi connectivity index (χ0v) is 16.6. The summed E-state index contributed by atoms with van der Waals surface area (Å²) in [5.74, 6) is 0.00443. The van der Waals surface area contributed by atoms with Crippen LogP contribution in [0, 0.1) is 17.2 Å². The number of phenolic OH excluding ortho intramolecular Hbond substituents is 1. The first kappa shape index (κ1) is 23.2. The third-order valence-electron chi connectivity index (χ3n) is 4.19. The number of hydrogen-bond donors (Lipinski definition) is 2. The standard InChI is InChI=1S/C12H13ClN2O2S.C7H5F3O/c13-11-1-2-12(10(5-11)6-14)18(17)15-4-3-9(7-15)8-16;8-7(9,10)5-1-3-6(11)4-2-5/h1-2,5,9,16H,3-4,7-8H2;1-4,11H. The summed E-state index contributed by atoms with van der Waals surface area (Å²) < 4.78 is 49.7. The van der Waals surface area contributed by atoms with Gasteiger partial charge in [0.15, 0.2) is 0 Å². The molecule has 1 saturated heterocycles. The van der Waals surface area contributed by atoms with Crippen molar-refractivity contribution < 1.29 is 27.6 Å². The zero-order chi connectivity index (χ0) is 21.6. The van der Waals surface area contributed by atoms with Crippen molar-refractivity contribution in [2.75, 3.05) is 19.7 Å². The number of halogens is 4. The maximum atomic E-state index is 12.4. The molecule has 0 aliphatic carbocycles. The van der Waals surface area contributed by atoms with Crippen molar-refractivity contribution >= 4 is 22.6 Å². The molecule has 2 aromatic rings. The van der Waals surface area contributed by atoms with Crippen molar-refractivity contribution in [3.8, 4) is 11.8 Å². The van der Waals surface area contributed by atoms with E-state index in [1.54, 1.807) is 16.4 Å². The van der Waals surface area contributed by atoms with E-state index in [0.717, 1.165) is 30.7 Å². The van der Waals surface area contributed by atoms with Crippen LogP contribution < -0.4 is 0 Å². The number of phenols is 1. The predicted octanol–water partition coefficient (Wildman–Crippen LogP) is 3.96. The van der Waals surface area contributed by atoms with Crippen LogP contribution >= 0.6 is 11.6 Å². The molecule has 1 heterocycles. The molecule has 1 fully saturated rings. The van der Waals surface area contributed by atoms with E-state index in [2.05, 4.69) is 0 Å². The molecule has 10 heteroatoms. The third-order valence-corrected chi connectivity index (χ3v) is 5.95. The zero-order valence-electron chi connectivity index (χ0n) is 15.1. The smallest absolute Gasteiger partial charge is 0.416 e. The van der Waals surface area contributed by atoms with Gasteiger partial charge in [-0.15, -0.1) is 0 Å². The van der Waals surface area contributed by atoms with E-state index in [1.807, 2.05) is 6.07 Å². The molecule has 0 aromatic heterocycles. The molecule has 156 valence electrons. The normalized spacial score (nSPS) is 17.9. The van der Waals surface area contributed by atoms with Crippen LogP contribution in [-0.2, 0) is 17.2 Å². The summed E-state index contributed by atoms with van der Waals surface area (Å²) in [4.78, 5) is 0.487. The summed E-state index contributed by atoms with van der Waals surface area (Å²) in [6.07, 6.45) is -3.49. The Balaban J connectivity index is 0.000000234. The van der Waals surface area contributed by atoms with Gasteiger partial charge in [0.25, 0.3) is 0 Å². The minimum atomic E-state index is -4.33. The highest BCUT2D eigenvalue weighted by atomic mass is 35.5. The van der Waals surface area contributed by atoms with Crippen molar-refractivity contribution in [2.24, 2.45) is 5.92 Å². The number of benzene rings is 2. The molecule has 29 heavy (non-hydrogen) atoms. The Bertz CT molecular complexity index is 901. The lowest BCUT2D eigenvalue weighted by molar-refractivity contribution is -0.137. The molecule has 2 aromatic carbocycles. The molecule has 0 bridgehead atoms. The van der Waals surface area contributed by atoms with E-state index < -0.39 is 22.7 Å². The number of nitrogens with zero attached hydrogens (tertiary/aromatic N) is 2. The SMILES string of the molecule is N#Cc1cc(Cl)ccc1S(=O)N1CCC(CO)C1.Oc1ccc(C(F)(F)F)cc1. The fraction of sp³-hybridized carbons (Fsp3) is 0.316. The molecule has 2 N–H and O–H groups in total. The maximum Gasteiger partial charge on any atom is 0.416 e. The van der Waals surface area contributed by atoms with E-state index >= 15 is 0 Å². The quantitative estimate of drug-likeness (QED) is 0.747. The van der Waals surface area contributed by atoms with E-state index in [4.69, 9.17) is 27.1 Å². The Hall–Kier alpha value is -2.12. The second kappa shape index (κ2) is 10.1. The lowest BCUT2D eigenvalue weighted by Crippen LogP contribution is -2.24. The number of aliphatic hydroxyl groups is 1. The number of rotatable bonds is 3. The van der Waals surface area contributed by atoms with Crippen LogP contribution in [0.2, 0.25) is 5.02 Å². The van der Waals surface area contributed by atoms with Crippen LogP contribution in [0.25, 0.3) is 0 Å². The molecule has 1 aliphatic rings.